The first-order valence-electron chi connectivity index (χ1n) is 8.86. The van der Waals surface area contributed by atoms with Gasteiger partial charge in [-0.15, -0.1) is 0 Å². The number of aryl methyl sites for hydroxylation is 2. The number of rotatable bonds is 3. The maximum atomic E-state index is 13.0. The number of nitrogens with zero attached hydrogens (tertiary/aromatic N) is 1. The van der Waals surface area contributed by atoms with Crippen molar-refractivity contribution in [3.8, 4) is 17.0 Å². The van der Waals surface area contributed by atoms with Crippen molar-refractivity contribution in [3.05, 3.63) is 95.6 Å². The van der Waals surface area contributed by atoms with E-state index in [4.69, 9.17) is 9.72 Å². The molecule has 0 spiro atoms. The van der Waals surface area contributed by atoms with E-state index in [9.17, 15) is 4.79 Å². The molecule has 0 atom stereocenters. The number of ether oxygens (including phenoxy) is 1. The lowest BCUT2D eigenvalue weighted by Crippen LogP contribution is -2.10. The molecule has 27 heavy (non-hydrogen) atoms. The fraction of sp³-hybridized carbons (Fsp3) is 0.0833. The van der Waals surface area contributed by atoms with Gasteiger partial charge < -0.3 is 4.74 Å². The Morgan fingerprint density at radius 3 is 2.33 bits per heavy atom. The highest BCUT2D eigenvalue weighted by Crippen LogP contribution is 2.26. The Kier molecular flexibility index (Phi) is 4.43. The van der Waals surface area contributed by atoms with Crippen LogP contribution in [0.2, 0.25) is 0 Å². The monoisotopic (exact) mass is 353 g/mol. The lowest BCUT2D eigenvalue weighted by atomic mass is 10.0. The Hall–Kier alpha value is -3.46. The lowest BCUT2D eigenvalue weighted by Gasteiger charge is -2.11. The van der Waals surface area contributed by atoms with Gasteiger partial charge in [0.15, 0.2) is 0 Å². The summed E-state index contributed by atoms with van der Waals surface area (Å²) in [6.45, 7) is 4.03. The van der Waals surface area contributed by atoms with Gasteiger partial charge in [0.05, 0.1) is 16.8 Å². The van der Waals surface area contributed by atoms with Crippen LogP contribution >= 0.6 is 0 Å². The van der Waals surface area contributed by atoms with Crippen LogP contribution in [-0.2, 0) is 0 Å². The molecule has 3 heteroatoms. The third-order valence-electron chi connectivity index (χ3n) is 4.69. The first-order valence-corrected chi connectivity index (χ1v) is 8.86. The van der Waals surface area contributed by atoms with Crippen molar-refractivity contribution in [2.45, 2.75) is 13.8 Å². The predicted octanol–water partition coefficient (Wildman–Crippen LogP) is 5.74. The van der Waals surface area contributed by atoms with Gasteiger partial charge in [0, 0.05) is 10.9 Å². The minimum Gasteiger partial charge on any atom is -0.423 e. The molecule has 3 aromatic carbocycles. The maximum Gasteiger partial charge on any atom is 0.344 e. The van der Waals surface area contributed by atoms with Crippen molar-refractivity contribution in [1.29, 1.82) is 0 Å². The molecule has 0 unspecified atom stereocenters. The molecule has 1 heterocycles. The third kappa shape index (κ3) is 3.44. The molecule has 3 nitrogen and oxygen atoms in total. The molecule has 0 aliphatic rings. The van der Waals surface area contributed by atoms with Gasteiger partial charge in [0.1, 0.15) is 5.75 Å². The summed E-state index contributed by atoms with van der Waals surface area (Å²) in [5.41, 5.74) is 5.24. The quantitative estimate of drug-likeness (QED) is 0.348. The molecule has 0 aliphatic carbocycles. The Morgan fingerprint density at radius 2 is 1.56 bits per heavy atom. The minimum atomic E-state index is -0.381. The van der Waals surface area contributed by atoms with E-state index in [1.807, 2.05) is 86.6 Å². The molecule has 1 aromatic heterocycles. The highest BCUT2D eigenvalue weighted by Gasteiger charge is 2.16. The van der Waals surface area contributed by atoms with Crippen LogP contribution in [0.4, 0.5) is 0 Å². The number of benzene rings is 3. The average molecular weight is 353 g/mol. The number of esters is 1. The second-order valence-corrected chi connectivity index (χ2v) is 6.57. The van der Waals surface area contributed by atoms with Crippen LogP contribution < -0.4 is 4.74 Å². The van der Waals surface area contributed by atoms with E-state index in [0.29, 0.717) is 11.3 Å². The van der Waals surface area contributed by atoms with Gasteiger partial charge in [0.25, 0.3) is 0 Å². The summed E-state index contributed by atoms with van der Waals surface area (Å²) in [5.74, 6) is 0.166. The van der Waals surface area contributed by atoms with E-state index < -0.39 is 0 Å². The molecule has 132 valence electrons. The summed E-state index contributed by atoms with van der Waals surface area (Å²) >= 11 is 0. The van der Waals surface area contributed by atoms with Crippen LogP contribution in [0.1, 0.15) is 21.5 Å². The van der Waals surface area contributed by atoms with Crippen molar-refractivity contribution in [2.24, 2.45) is 0 Å². The van der Waals surface area contributed by atoms with Crippen LogP contribution in [0.15, 0.2) is 78.9 Å². The van der Waals surface area contributed by atoms with Crippen molar-refractivity contribution in [1.82, 2.24) is 4.98 Å². The number of aromatic nitrogens is 1. The van der Waals surface area contributed by atoms with Crippen molar-refractivity contribution in [2.75, 3.05) is 0 Å². The molecule has 4 aromatic rings. The highest BCUT2D eigenvalue weighted by atomic mass is 16.5. The SMILES string of the molecule is Cc1ccc(OC(=O)c2cc(-c3ccccc3)nc3ccccc23)cc1C. The van der Waals surface area contributed by atoms with E-state index >= 15 is 0 Å². The zero-order chi connectivity index (χ0) is 18.8. The number of carbonyl (C=O) groups excluding carboxylic acids is 1. The molecule has 0 radical (unpaired) electrons. The number of hydrogen-bond acceptors (Lipinski definition) is 3. The smallest absolute Gasteiger partial charge is 0.344 e. The lowest BCUT2D eigenvalue weighted by molar-refractivity contribution is 0.0736. The zero-order valence-electron chi connectivity index (χ0n) is 15.3. The number of carbonyl (C=O) groups is 1. The van der Waals surface area contributed by atoms with Gasteiger partial charge in [-0.2, -0.15) is 0 Å². The molecule has 0 saturated carbocycles. The van der Waals surface area contributed by atoms with Crippen LogP contribution in [0.3, 0.4) is 0 Å². The zero-order valence-corrected chi connectivity index (χ0v) is 15.3. The molecule has 0 N–H and O–H groups in total. The molecular formula is C24H19NO2. The van der Waals surface area contributed by atoms with E-state index in [-0.39, 0.29) is 5.97 Å². The second-order valence-electron chi connectivity index (χ2n) is 6.57. The summed E-state index contributed by atoms with van der Waals surface area (Å²) in [6, 6.07) is 24.9. The van der Waals surface area contributed by atoms with Crippen molar-refractivity contribution < 1.29 is 9.53 Å². The average Bonchev–Trinajstić information content (AvgIpc) is 2.70. The second kappa shape index (κ2) is 7.04. The van der Waals surface area contributed by atoms with Gasteiger partial charge in [-0.25, -0.2) is 9.78 Å². The summed E-state index contributed by atoms with van der Waals surface area (Å²) in [5, 5.41) is 0.783. The number of para-hydroxylation sites is 1. The summed E-state index contributed by atoms with van der Waals surface area (Å²) in [4.78, 5) is 17.7. The molecular weight excluding hydrogens is 334 g/mol. The van der Waals surface area contributed by atoms with Gasteiger partial charge in [0.2, 0.25) is 0 Å². The van der Waals surface area contributed by atoms with Crippen molar-refractivity contribution in [3.63, 3.8) is 0 Å². The summed E-state index contributed by atoms with van der Waals surface area (Å²) in [6.07, 6.45) is 0. The normalized spacial score (nSPS) is 10.7. The Morgan fingerprint density at radius 1 is 0.815 bits per heavy atom. The van der Waals surface area contributed by atoms with E-state index in [0.717, 1.165) is 33.3 Å². The molecule has 0 amide bonds. The third-order valence-corrected chi connectivity index (χ3v) is 4.69. The Labute approximate surface area is 158 Å². The highest BCUT2D eigenvalue weighted by molar-refractivity contribution is 6.05. The first kappa shape index (κ1) is 17.0. The first-order chi connectivity index (χ1) is 13.1. The predicted molar refractivity (Wildman–Crippen MR) is 108 cm³/mol. The number of hydrogen-bond donors (Lipinski definition) is 0. The number of fused-ring (bicyclic) bond motifs is 1. The maximum absolute atomic E-state index is 13.0. The fourth-order valence-electron chi connectivity index (χ4n) is 3.04. The van der Waals surface area contributed by atoms with Gasteiger partial charge in [-0.05, 0) is 49.2 Å². The van der Waals surface area contributed by atoms with E-state index in [1.165, 1.54) is 0 Å². The van der Waals surface area contributed by atoms with Crippen LogP contribution in [-0.4, -0.2) is 11.0 Å². The van der Waals surface area contributed by atoms with Crippen LogP contribution in [0.5, 0.6) is 5.75 Å². The fourth-order valence-corrected chi connectivity index (χ4v) is 3.04. The van der Waals surface area contributed by atoms with Crippen LogP contribution in [0.25, 0.3) is 22.2 Å². The molecule has 0 aliphatic heterocycles. The molecule has 0 bridgehead atoms. The van der Waals surface area contributed by atoms with Crippen molar-refractivity contribution >= 4 is 16.9 Å². The standard InChI is InChI=1S/C24H19NO2/c1-16-12-13-19(14-17(16)2)27-24(26)21-15-23(18-8-4-3-5-9-18)25-22-11-7-6-10-20(21)22/h3-15H,1-2H3. The largest absolute Gasteiger partial charge is 0.423 e. The van der Waals surface area contributed by atoms with Gasteiger partial charge >= 0.3 is 5.97 Å². The molecule has 0 fully saturated rings. The molecule has 4 rings (SSSR count). The molecule has 0 saturated heterocycles. The van der Waals surface area contributed by atoms with Gasteiger partial charge in [-0.1, -0.05) is 54.6 Å². The summed E-state index contributed by atoms with van der Waals surface area (Å²) in [7, 11) is 0. The topological polar surface area (TPSA) is 39.2 Å². The van der Waals surface area contributed by atoms with Crippen LogP contribution in [0, 0.1) is 13.8 Å². The Bertz CT molecular complexity index is 1130. The summed E-state index contributed by atoms with van der Waals surface area (Å²) < 4.78 is 5.67. The van der Waals surface area contributed by atoms with E-state index in [1.54, 1.807) is 6.07 Å². The van der Waals surface area contributed by atoms with E-state index in [2.05, 4.69) is 0 Å². The Balaban J connectivity index is 1.79. The number of pyridine rings is 1. The van der Waals surface area contributed by atoms with Gasteiger partial charge in [-0.3, -0.25) is 0 Å². The minimum absolute atomic E-state index is 0.381.